The highest BCUT2D eigenvalue weighted by Gasteiger charge is 2.22. The first-order valence-corrected chi connectivity index (χ1v) is 7.76. The number of hydrogen-bond donors (Lipinski definition) is 3. The van der Waals surface area contributed by atoms with E-state index in [9.17, 15) is 4.79 Å². The Kier molecular flexibility index (Phi) is 4.18. The normalized spacial score (nSPS) is 16.6. The van der Waals surface area contributed by atoms with E-state index < -0.39 is 0 Å². The summed E-state index contributed by atoms with van der Waals surface area (Å²) < 4.78 is 0. The fraction of sp³-hybridized carbons (Fsp3) is 0.438. The summed E-state index contributed by atoms with van der Waals surface area (Å²) in [4.78, 5) is 18.7. The number of anilines is 2. The number of nitrogens with one attached hydrogen (secondary N) is 3. The van der Waals surface area contributed by atoms with E-state index >= 15 is 0 Å². The molecule has 3 N–H and O–H groups in total. The second-order valence-corrected chi connectivity index (χ2v) is 6.13. The minimum Gasteiger partial charge on any atom is -0.361 e. The van der Waals surface area contributed by atoms with E-state index in [1.165, 1.54) is 11.3 Å². The molecule has 0 fully saturated rings. The van der Waals surface area contributed by atoms with Crippen molar-refractivity contribution >= 4 is 17.5 Å². The number of hydrogen-bond acceptors (Lipinski definition) is 4. The van der Waals surface area contributed by atoms with Gasteiger partial charge in [-0.3, -0.25) is 5.10 Å². The zero-order valence-corrected chi connectivity index (χ0v) is 13.7. The summed E-state index contributed by atoms with van der Waals surface area (Å²) in [5.74, 6) is 0.751. The zero-order chi connectivity index (χ0) is 16.4. The van der Waals surface area contributed by atoms with E-state index in [1.54, 1.807) is 0 Å². The van der Waals surface area contributed by atoms with E-state index in [2.05, 4.69) is 25.8 Å². The van der Waals surface area contributed by atoms with E-state index in [0.29, 0.717) is 5.69 Å². The molecule has 0 radical (unpaired) electrons. The molecular weight excluding hydrogens is 292 g/mol. The van der Waals surface area contributed by atoms with E-state index in [1.807, 2.05) is 44.2 Å². The molecule has 23 heavy (non-hydrogen) atoms. The molecule has 1 aliphatic rings. The van der Waals surface area contributed by atoms with Gasteiger partial charge in [0.05, 0.1) is 11.9 Å². The van der Waals surface area contributed by atoms with Gasteiger partial charge >= 0.3 is 6.03 Å². The van der Waals surface area contributed by atoms with Crippen LogP contribution in [-0.4, -0.2) is 41.3 Å². The molecule has 0 aromatic carbocycles. The van der Waals surface area contributed by atoms with Gasteiger partial charge in [0.2, 0.25) is 0 Å². The molecule has 2 heterocycles. The van der Waals surface area contributed by atoms with Crippen molar-refractivity contribution in [2.75, 3.05) is 24.3 Å². The van der Waals surface area contributed by atoms with Crippen molar-refractivity contribution in [1.82, 2.24) is 20.5 Å². The van der Waals surface area contributed by atoms with Gasteiger partial charge in [-0.2, -0.15) is 5.10 Å². The first-order valence-electron chi connectivity index (χ1n) is 7.76. The van der Waals surface area contributed by atoms with Crippen LogP contribution in [0, 0.1) is 6.92 Å². The van der Waals surface area contributed by atoms with Crippen LogP contribution in [0.1, 0.15) is 23.4 Å². The highest BCUT2D eigenvalue weighted by molar-refractivity contribution is 5.92. The maximum atomic E-state index is 12.3. The zero-order valence-electron chi connectivity index (χ0n) is 13.7. The lowest BCUT2D eigenvalue weighted by molar-refractivity contribution is 0.247. The lowest BCUT2D eigenvalue weighted by atomic mass is 9.94. The summed E-state index contributed by atoms with van der Waals surface area (Å²) in [5, 5.41) is 13.0. The highest BCUT2D eigenvalue weighted by atomic mass is 16.2. The van der Waals surface area contributed by atoms with Gasteiger partial charge < -0.3 is 15.5 Å². The molecule has 1 unspecified atom stereocenters. The third-order valence-corrected chi connectivity index (χ3v) is 4.04. The number of urea groups is 1. The Morgan fingerprint density at radius 1 is 1.39 bits per heavy atom. The van der Waals surface area contributed by atoms with Crippen LogP contribution in [0.3, 0.4) is 0 Å². The molecule has 1 aliphatic carbocycles. The van der Waals surface area contributed by atoms with Gasteiger partial charge in [-0.05, 0) is 43.9 Å². The van der Waals surface area contributed by atoms with Crippen LogP contribution in [0.2, 0.25) is 0 Å². The minimum absolute atomic E-state index is 0.126. The van der Waals surface area contributed by atoms with Crippen molar-refractivity contribution in [2.24, 2.45) is 0 Å². The second-order valence-electron chi connectivity index (χ2n) is 6.13. The van der Waals surface area contributed by atoms with Crippen molar-refractivity contribution in [1.29, 1.82) is 0 Å². The van der Waals surface area contributed by atoms with Crippen LogP contribution in [0.5, 0.6) is 0 Å². The number of nitrogens with zero attached hydrogens (tertiary/aromatic N) is 3. The number of carbonyl (C=O) groups excluding carboxylic acids is 1. The predicted molar refractivity (Wildman–Crippen MR) is 89.9 cm³/mol. The quantitative estimate of drug-likeness (QED) is 0.807. The summed E-state index contributed by atoms with van der Waals surface area (Å²) in [5.41, 5.74) is 3.99. The number of pyridine rings is 1. The number of rotatable bonds is 3. The number of carbonyl (C=O) groups is 1. The lowest BCUT2D eigenvalue weighted by Gasteiger charge is -2.23. The van der Waals surface area contributed by atoms with Gasteiger partial charge in [0.25, 0.3) is 0 Å². The molecule has 7 nitrogen and oxygen atoms in total. The molecule has 0 aliphatic heterocycles. The number of H-pyrrole nitrogens is 1. The standard InChI is InChI=1S/C16H22N6O/c1-10-4-6-14(15(18-10)22(2)3)20-16(23)19-12-5-7-13-11(8-12)9-17-21-13/h4,6,9,12H,5,7-8H2,1-3H3,(H,17,21)(H2,19,20,23). The smallest absolute Gasteiger partial charge is 0.319 e. The van der Waals surface area contributed by atoms with Crippen molar-refractivity contribution in [3.05, 3.63) is 35.3 Å². The van der Waals surface area contributed by atoms with Crippen molar-refractivity contribution < 1.29 is 4.79 Å². The molecule has 0 saturated heterocycles. The topological polar surface area (TPSA) is 85.9 Å². The van der Waals surface area contributed by atoms with Gasteiger partial charge in [0.1, 0.15) is 0 Å². The molecule has 2 aromatic rings. The number of amides is 2. The largest absolute Gasteiger partial charge is 0.361 e. The predicted octanol–water partition coefficient (Wildman–Crippen LogP) is 1.86. The van der Waals surface area contributed by atoms with Crippen molar-refractivity contribution in [3.8, 4) is 0 Å². The highest BCUT2D eigenvalue weighted by Crippen LogP contribution is 2.22. The summed E-state index contributed by atoms with van der Waals surface area (Å²) in [6.07, 6.45) is 4.48. The summed E-state index contributed by atoms with van der Waals surface area (Å²) in [7, 11) is 3.82. The number of aromatic nitrogens is 3. The van der Waals surface area contributed by atoms with Crippen molar-refractivity contribution in [2.45, 2.75) is 32.2 Å². The van der Waals surface area contributed by atoms with Gasteiger partial charge in [0.15, 0.2) is 5.82 Å². The summed E-state index contributed by atoms with van der Waals surface area (Å²) in [6, 6.07) is 3.70. The maximum absolute atomic E-state index is 12.3. The van der Waals surface area contributed by atoms with Crippen LogP contribution in [-0.2, 0) is 12.8 Å². The Labute approximate surface area is 135 Å². The Bertz CT molecular complexity index is 708. The molecule has 0 bridgehead atoms. The Balaban J connectivity index is 1.64. The molecule has 0 spiro atoms. The molecule has 3 rings (SSSR count). The molecule has 0 saturated carbocycles. The third kappa shape index (κ3) is 3.44. The lowest BCUT2D eigenvalue weighted by Crippen LogP contribution is -2.41. The van der Waals surface area contributed by atoms with Crippen LogP contribution >= 0.6 is 0 Å². The van der Waals surface area contributed by atoms with Crippen LogP contribution in [0.15, 0.2) is 18.3 Å². The molecule has 1 atom stereocenters. The monoisotopic (exact) mass is 314 g/mol. The molecule has 2 aromatic heterocycles. The molecular formula is C16H22N6O. The van der Waals surface area contributed by atoms with Crippen LogP contribution in [0.4, 0.5) is 16.3 Å². The number of fused-ring (bicyclic) bond motifs is 1. The maximum Gasteiger partial charge on any atom is 0.319 e. The van der Waals surface area contributed by atoms with E-state index in [-0.39, 0.29) is 12.1 Å². The Morgan fingerprint density at radius 2 is 2.22 bits per heavy atom. The van der Waals surface area contributed by atoms with Gasteiger partial charge in [-0.1, -0.05) is 0 Å². The molecule has 2 amide bonds. The van der Waals surface area contributed by atoms with E-state index in [0.717, 1.165) is 30.8 Å². The van der Waals surface area contributed by atoms with Gasteiger partial charge in [-0.15, -0.1) is 0 Å². The van der Waals surface area contributed by atoms with Crippen molar-refractivity contribution in [3.63, 3.8) is 0 Å². The summed E-state index contributed by atoms with van der Waals surface area (Å²) in [6.45, 7) is 1.93. The van der Waals surface area contributed by atoms with Crippen LogP contribution in [0.25, 0.3) is 0 Å². The average molecular weight is 314 g/mol. The summed E-state index contributed by atoms with van der Waals surface area (Å²) >= 11 is 0. The Morgan fingerprint density at radius 3 is 3.00 bits per heavy atom. The second kappa shape index (κ2) is 6.28. The number of aromatic amines is 1. The van der Waals surface area contributed by atoms with Crippen LogP contribution < -0.4 is 15.5 Å². The minimum atomic E-state index is -0.198. The average Bonchev–Trinajstić information content (AvgIpc) is 2.96. The fourth-order valence-corrected chi connectivity index (χ4v) is 2.86. The first kappa shape index (κ1) is 15.3. The SMILES string of the molecule is Cc1ccc(NC(=O)NC2CCc3[nH]ncc3C2)c(N(C)C)n1. The van der Waals surface area contributed by atoms with E-state index in [4.69, 9.17) is 0 Å². The third-order valence-electron chi connectivity index (χ3n) is 4.04. The molecule has 122 valence electrons. The van der Waals surface area contributed by atoms with Gasteiger partial charge in [-0.25, -0.2) is 9.78 Å². The van der Waals surface area contributed by atoms with Gasteiger partial charge in [0, 0.05) is 31.5 Å². The Hall–Kier alpha value is -2.57. The first-order chi connectivity index (χ1) is 11.0. The molecule has 7 heteroatoms. The number of aryl methyl sites for hydroxylation is 2. The fourth-order valence-electron chi connectivity index (χ4n) is 2.86.